The number of carbonyl (C=O) groups is 1. The lowest BCUT2D eigenvalue weighted by atomic mass is 9.82. The summed E-state index contributed by atoms with van der Waals surface area (Å²) in [6.45, 7) is 0.810. The fourth-order valence-corrected chi connectivity index (χ4v) is 4.85. The minimum atomic E-state index is -0.248. The van der Waals surface area contributed by atoms with Crippen molar-refractivity contribution in [1.82, 2.24) is 4.90 Å². The molecule has 2 aromatic rings. The van der Waals surface area contributed by atoms with Crippen molar-refractivity contribution in [1.29, 1.82) is 0 Å². The van der Waals surface area contributed by atoms with Crippen LogP contribution in [0.25, 0.3) is 11.1 Å². The average Bonchev–Trinajstić information content (AvgIpc) is 3.41. The van der Waals surface area contributed by atoms with Crippen LogP contribution in [-0.4, -0.2) is 35.1 Å². The molecule has 2 aromatic carbocycles. The molecular formula is C23H25FN2O2. The highest BCUT2D eigenvalue weighted by Crippen LogP contribution is 2.48. The van der Waals surface area contributed by atoms with Crippen LogP contribution >= 0.6 is 0 Å². The van der Waals surface area contributed by atoms with Gasteiger partial charge in [-0.1, -0.05) is 18.2 Å². The number of nitrogens with one attached hydrogen (secondary N) is 1. The Labute approximate surface area is 164 Å². The molecule has 0 bridgehead atoms. The summed E-state index contributed by atoms with van der Waals surface area (Å²) in [6.07, 6.45) is 3.88. The molecule has 5 heteroatoms. The van der Waals surface area contributed by atoms with Gasteiger partial charge in [0.1, 0.15) is 5.82 Å². The molecule has 2 heterocycles. The smallest absolute Gasteiger partial charge is 0.223 e. The summed E-state index contributed by atoms with van der Waals surface area (Å²) in [6, 6.07) is 12.6. The highest BCUT2D eigenvalue weighted by atomic mass is 19.1. The van der Waals surface area contributed by atoms with E-state index in [1.165, 1.54) is 25.0 Å². The lowest BCUT2D eigenvalue weighted by Crippen LogP contribution is -2.42. The van der Waals surface area contributed by atoms with Crippen molar-refractivity contribution in [3.8, 4) is 11.1 Å². The van der Waals surface area contributed by atoms with Crippen LogP contribution in [0.4, 0.5) is 10.1 Å². The summed E-state index contributed by atoms with van der Waals surface area (Å²) >= 11 is 0. The van der Waals surface area contributed by atoms with E-state index in [1.54, 1.807) is 12.1 Å². The second-order valence-corrected chi connectivity index (χ2v) is 8.37. The van der Waals surface area contributed by atoms with E-state index >= 15 is 0 Å². The molecule has 0 spiro atoms. The van der Waals surface area contributed by atoms with Gasteiger partial charge in [-0.3, -0.25) is 4.79 Å². The van der Waals surface area contributed by atoms with Crippen molar-refractivity contribution in [2.75, 3.05) is 18.5 Å². The Morgan fingerprint density at radius 1 is 1.11 bits per heavy atom. The molecular weight excluding hydrogens is 355 g/mol. The fourth-order valence-electron chi connectivity index (χ4n) is 4.85. The van der Waals surface area contributed by atoms with Crippen LogP contribution in [0.3, 0.4) is 0 Å². The summed E-state index contributed by atoms with van der Waals surface area (Å²) in [5.41, 5.74) is 4.07. The Hall–Kier alpha value is -2.40. The molecule has 2 fully saturated rings. The van der Waals surface area contributed by atoms with Crippen molar-refractivity contribution < 1.29 is 14.3 Å². The van der Waals surface area contributed by atoms with E-state index in [4.69, 9.17) is 0 Å². The lowest BCUT2D eigenvalue weighted by molar-refractivity contribution is -0.133. The standard InChI is InChI=1S/C23H25FN2O2/c24-17-6-3-15(4-7-17)16-5-8-20-19(12-16)23-18(21(13-27)25-20)9-10-26(23)22(28)11-14-1-2-14/h3-8,12,14,18,21,23,25,27H,1-2,9-11,13H2/t18-,21-,23-/m1/s1. The van der Waals surface area contributed by atoms with Gasteiger partial charge in [-0.15, -0.1) is 0 Å². The second-order valence-electron chi connectivity index (χ2n) is 8.37. The minimum absolute atomic E-state index is 0.0000448. The predicted octanol–water partition coefficient (Wildman–Crippen LogP) is 3.97. The zero-order chi connectivity index (χ0) is 19.3. The van der Waals surface area contributed by atoms with Gasteiger partial charge in [0.15, 0.2) is 0 Å². The van der Waals surface area contributed by atoms with E-state index in [-0.39, 0.29) is 36.3 Å². The highest BCUT2D eigenvalue weighted by Gasteiger charge is 2.46. The lowest BCUT2D eigenvalue weighted by Gasteiger charge is -2.39. The molecule has 0 unspecified atom stereocenters. The number of nitrogens with zero attached hydrogens (tertiary/aromatic N) is 1. The van der Waals surface area contributed by atoms with Crippen molar-refractivity contribution >= 4 is 11.6 Å². The number of carbonyl (C=O) groups excluding carboxylic acids is 1. The summed E-state index contributed by atoms with van der Waals surface area (Å²) in [7, 11) is 0. The van der Waals surface area contributed by atoms with Gasteiger partial charge < -0.3 is 15.3 Å². The molecule has 1 amide bonds. The maximum atomic E-state index is 13.3. The first-order valence-electron chi connectivity index (χ1n) is 10.2. The molecule has 2 N–H and O–H groups in total. The van der Waals surface area contributed by atoms with Gasteiger partial charge >= 0.3 is 0 Å². The molecule has 146 valence electrons. The maximum absolute atomic E-state index is 13.3. The molecule has 3 atom stereocenters. The number of fused-ring (bicyclic) bond motifs is 3. The number of benzene rings is 2. The van der Waals surface area contributed by atoms with Crippen LogP contribution in [-0.2, 0) is 4.79 Å². The van der Waals surface area contributed by atoms with E-state index in [1.807, 2.05) is 17.0 Å². The average molecular weight is 380 g/mol. The fraction of sp³-hybridized carbons (Fsp3) is 0.435. The van der Waals surface area contributed by atoms with Crippen molar-refractivity contribution in [3.63, 3.8) is 0 Å². The first-order valence-corrected chi connectivity index (χ1v) is 10.2. The first-order chi connectivity index (χ1) is 13.6. The minimum Gasteiger partial charge on any atom is -0.394 e. The highest BCUT2D eigenvalue weighted by molar-refractivity contribution is 5.79. The molecule has 4 nitrogen and oxygen atoms in total. The van der Waals surface area contributed by atoms with Gasteiger partial charge in [0.05, 0.1) is 18.7 Å². The molecule has 2 aliphatic heterocycles. The maximum Gasteiger partial charge on any atom is 0.223 e. The zero-order valence-corrected chi connectivity index (χ0v) is 15.8. The van der Waals surface area contributed by atoms with E-state index in [0.717, 1.165) is 35.3 Å². The number of aliphatic hydroxyl groups is 1. The molecule has 1 saturated heterocycles. The number of hydrogen-bond acceptors (Lipinski definition) is 3. The van der Waals surface area contributed by atoms with Gasteiger partial charge in [-0.2, -0.15) is 0 Å². The predicted molar refractivity (Wildman–Crippen MR) is 106 cm³/mol. The number of halogens is 1. The zero-order valence-electron chi connectivity index (χ0n) is 15.8. The number of rotatable bonds is 4. The van der Waals surface area contributed by atoms with Crippen molar-refractivity contribution in [2.45, 2.75) is 37.8 Å². The number of aliphatic hydroxyl groups excluding tert-OH is 1. The molecule has 3 aliphatic rings. The molecule has 1 saturated carbocycles. The summed E-state index contributed by atoms with van der Waals surface area (Å²) in [5, 5.41) is 13.4. The number of hydrogen-bond donors (Lipinski definition) is 2. The molecule has 28 heavy (non-hydrogen) atoms. The van der Waals surface area contributed by atoms with E-state index in [2.05, 4.69) is 11.4 Å². The third-order valence-corrected chi connectivity index (χ3v) is 6.53. The van der Waals surface area contributed by atoms with Crippen LogP contribution in [0, 0.1) is 17.7 Å². The van der Waals surface area contributed by atoms with E-state index in [0.29, 0.717) is 12.3 Å². The molecule has 0 radical (unpaired) electrons. The SMILES string of the molecule is O=C(CC1CC1)N1CC[C@@H]2[C@@H](CO)Nc3ccc(-c4ccc(F)cc4)cc3[C@@H]21. The Balaban J connectivity index is 1.53. The van der Waals surface area contributed by atoms with Gasteiger partial charge in [0, 0.05) is 24.6 Å². The Morgan fingerprint density at radius 2 is 1.86 bits per heavy atom. The quantitative estimate of drug-likeness (QED) is 0.844. The molecule has 0 aromatic heterocycles. The Bertz CT molecular complexity index is 894. The van der Waals surface area contributed by atoms with Gasteiger partial charge in [-0.25, -0.2) is 4.39 Å². The largest absolute Gasteiger partial charge is 0.394 e. The van der Waals surface area contributed by atoms with Crippen LogP contribution in [0.1, 0.15) is 37.3 Å². The van der Waals surface area contributed by atoms with Crippen LogP contribution in [0.5, 0.6) is 0 Å². The molecule has 1 aliphatic carbocycles. The third-order valence-electron chi connectivity index (χ3n) is 6.53. The third kappa shape index (κ3) is 3.08. The van der Waals surface area contributed by atoms with Gasteiger partial charge in [-0.05, 0) is 66.1 Å². The normalized spacial score (nSPS) is 25.8. The van der Waals surface area contributed by atoms with Gasteiger partial charge in [0.2, 0.25) is 5.91 Å². The second kappa shape index (κ2) is 6.89. The Kier molecular flexibility index (Phi) is 4.35. The number of likely N-dealkylation sites (tertiary alicyclic amines) is 1. The summed E-state index contributed by atoms with van der Waals surface area (Å²) in [5.74, 6) is 0.768. The summed E-state index contributed by atoms with van der Waals surface area (Å²) in [4.78, 5) is 15.0. The topological polar surface area (TPSA) is 52.6 Å². The number of amides is 1. The van der Waals surface area contributed by atoms with E-state index in [9.17, 15) is 14.3 Å². The van der Waals surface area contributed by atoms with Crippen LogP contribution < -0.4 is 5.32 Å². The number of anilines is 1. The monoisotopic (exact) mass is 380 g/mol. The van der Waals surface area contributed by atoms with E-state index < -0.39 is 0 Å². The van der Waals surface area contributed by atoms with Crippen molar-refractivity contribution in [3.05, 3.63) is 53.8 Å². The first kappa shape index (κ1) is 17.7. The van der Waals surface area contributed by atoms with Crippen LogP contribution in [0.15, 0.2) is 42.5 Å². The van der Waals surface area contributed by atoms with Crippen LogP contribution in [0.2, 0.25) is 0 Å². The molecule has 5 rings (SSSR count). The van der Waals surface area contributed by atoms with Gasteiger partial charge in [0.25, 0.3) is 0 Å². The Morgan fingerprint density at radius 3 is 2.57 bits per heavy atom. The van der Waals surface area contributed by atoms with Crippen molar-refractivity contribution in [2.24, 2.45) is 11.8 Å². The summed E-state index contributed by atoms with van der Waals surface area (Å²) < 4.78 is 13.3.